The first-order valence-electron chi connectivity index (χ1n) is 12.1. The number of nitrogens with one attached hydrogen (secondary N) is 1. The molecular formula is C25H41NO3. The molecule has 0 radical (unpaired) electrons. The van der Waals surface area contributed by atoms with E-state index in [1.165, 1.54) is 38.5 Å². The van der Waals surface area contributed by atoms with Crippen molar-refractivity contribution in [3.05, 3.63) is 24.3 Å². The molecule has 1 amide bonds. The van der Waals surface area contributed by atoms with Crippen molar-refractivity contribution in [2.45, 2.75) is 102 Å². The van der Waals surface area contributed by atoms with E-state index in [1.54, 1.807) is 0 Å². The number of rotatable bonds is 11. The Morgan fingerprint density at radius 2 is 1.93 bits per heavy atom. The normalized spacial score (nSPS) is 31.1. The minimum absolute atomic E-state index is 0.170. The second kappa shape index (κ2) is 11.9. The number of unbranched alkanes of at least 4 members (excludes halogenated alkanes) is 1. The first-order chi connectivity index (χ1) is 14.2. The zero-order valence-corrected chi connectivity index (χ0v) is 18.2. The number of carbonyl (C=O) groups is 1. The van der Waals surface area contributed by atoms with Crippen molar-refractivity contribution in [2.24, 2.45) is 17.8 Å². The van der Waals surface area contributed by atoms with Crippen LogP contribution in [-0.2, 0) is 9.53 Å². The van der Waals surface area contributed by atoms with Gasteiger partial charge in [-0.15, -0.1) is 0 Å². The third-order valence-corrected chi connectivity index (χ3v) is 7.07. The summed E-state index contributed by atoms with van der Waals surface area (Å²) in [5.74, 6) is 1.60. The van der Waals surface area contributed by atoms with Crippen LogP contribution in [0.4, 0.5) is 0 Å². The highest BCUT2D eigenvalue weighted by molar-refractivity contribution is 5.75. The van der Waals surface area contributed by atoms with Crippen molar-refractivity contribution in [3.63, 3.8) is 0 Å². The molecule has 29 heavy (non-hydrogen) atoms. The van der Waals surface area contributed by atoms with Gasteiger partial charge < -0.3 is 15.2 Å². The van der Waals surface area contributed by atoms with E-state index in [1.807, 2.05) is 0 Å². The fourth-order valence-corrected chi connectivity index (χ4v) is 5.37. The molecule has 2 bridgehead atoms. The molecule has 3 fully saturated rings. The lowest BCUT2D eigenvalue weighted by atomic mass is 9.76. The topological polar surface area (TPSA) is 58.6 Å². The van der Waals surface area contributed by atoms with Crippen LogP contribution in [0.15, 0.2) is 24.3 Å². The summed E-state index contributed by atoms with van der Waals surface area (Å²) in [5.41, 5.74) is 0. The van der Waals surface area contributed by atoms with E-state index in [2.05, 4.69) is 36.5 Å². The van der Waals surface area contributed by atoms with E-state index in [9.17, 15) is 9.90 Å². The number of fused-ring (bicyclic) bond motifs is 2. The number of allylic oxidation sites excluding steroid dienone is 2. The maximum atomic E-state index is 11.6. The van der Waals surface area contributed by atoms with E-state index in [4.69, 9.17) is 4.74 Å². The monoisotopic (exact) mass is 403 g/mol. The third kappa shape index (κ3) is 6.68. The molecule has 1 saturated carbocycles. The second-order valence-electron chi connectivity index (χ2n) is 9.25. The molecule has 1 unspecified atom stereocenters. The van der Waals surface area contributed by atoms with Crippen LogP contribution in [0, 0.1) is 17.8 Å². The molecule has 2 heterocycles. The molecule has 2 N–H and O–H groups in total. The molecule has 0 aromatic carbocycles. The van der Waals surface area contributed by atoms with Crippen molar-refractivity contribution >= 4 is 5.91 Å². The van der Waals surface area contributed by atoms with Crippen LogP contribution >= 0.6 is 0 Å². The van der Waals surface area contributed by atoms with Crippen LogP contribution in [0.2, 0.25) is 0 Å². The number of hydrogen-bond donors (Lipinski definition) is 2. The highest BCUT2D eigenvalue weighted by atomic mass is 16.5. The zero-order valence-electron chi connectivity index (χ0n) is 18.2. The summed E-state index contributed by atoms with van der Waals surface area (Å²) in [6.45, 7) is 2.85. The van der Waals surface area contributed by atoms with Crippen LogP contribution in [0.1, 0.15) is 84.0 Å². The third-order valence-electron chi connectivity index (χ3n) is 7.07. The summed E-state index contributed by atoms with van der Waals surface area (Å²) in [4.78, 5) is 11.6. The Balaban J connectivity index is 1.41. The average Bonchev–Trinajstić information content (AvgIpc) is 3.35. The number of amides is 1. The van der Waals surface area contributed by atoms with E-state index < -0.39 is 0 Å². The molecule has 0 spiro atoms. The second-order valence-corrected chi connectivity index (χ2v) is 9.25. The van der Waals surface area contributed by atoms with Gasteiger partial charge in [-0.3, -0.25) is 4.79 Å². The summed E-state index contributed by atoms with van der Waals surface area (Å²) < 4.78 is 6.20. The standard InChI is InChI=1S/C25H41NO3/c1-2-18-26-25(28)13-9-4-3-8-12-20-21(24-17-16-23(20)29-24)14-15-22(27)19-10-6-5-7-11-19/h3,8,14-15,19-24,27H,2,4-7,9-13,16-18H2,1H3,(H,26,28)/t20-,21-,22?,23+,24-/m0/s1. The lowest BCUT2D eigenvalue weighted by Crippen LogP contribution is -2.26. The molecule has 164 valence electrons. The van der Waals surface area contributed by atoms with Gasteiger partial charge in [0.25, 0.3) is 0 Å². The quantitative estimate of drug-likeness (QED) is 0.380. The molecule has 0 aromatic heterocycles. The minimum atomic E-state index is -0.288. The molecule has 5 atom stereocenters. The van der Waals surface area contributed by atoms with Gasteiger partial charge in [-0.25, -0.2) is 0 Å². The molecule has 0 aromatic rings. The highest BCUT2D eigenvalue weighted by Crippen LogP contribution is 2.46. The van der Waals surface area contributed by atoms with Crippen molar-refractivity contribution in [1.29, 1.82) is 0 Å². The van der Waals surface area contributed by atoms with Gasteiger partial charge in [-0.2, -0.15) is 0 Å². The van der Waals surface area contributed by atoms with Crippen molar-refractivity contribution in [3.8, 4) is 0 Å². The van der Waals surface area contributed by atoms with Crippen molar-refractivity contribution in [1.82, 2.24) is 5.32 Å². The van der Waals surface area contributed by atoms with Gasteiger partial charge in [-0.05, 0) is 63.2 Å². The number of hydrogen-bond acceptors (Lipinski definition) is 3. The number of aliphatic hydroxyl groups excluding tert-OH is 1. The molecule has 2 aliphatic heterocycles. The van der Waals surface area contributed by atoms with Crippen LogP contribution in [-0.4, -0.2) is 35.9 Å². The fourth-order valence-electron chi connectivity index (χ4n) is 5.37. The van der Waals surface area contributed by atoms with Gasteiger partial charge in [0.15, 0.2) is 0 Å². The van der Waals surface area contributed by atoms with Gasteiger partial charge in [0.2, 0.25) is 5.91 Å². The number of aliphatic hydroxyl groups is 1. The molecule has 3 aliphatic rings. The Kier molecular flexibility index (Phi) is 9.26. The van der Waals surface area contributed by atoms with E-state index in [0.717, 1.165) is 38.6 Å². The Labute approximate surface area is 177 Å². The van der Waals surface area contributed by atoms with Crippen LogP contribution < -0.4 is 5.32 Å². The molecule has 1 aliphatic carbocycles. The Hall–Kier alpha value is -1.13. The van der Waals surface area contributed by atoms with E-state index in [-0.39, 0.29) is 12.0 Å². The fraction of sp³-hybridized carbons (Fsp3) is 0.800. The van der Waals surface area contributed by atoms with Crippen LogP contribution in [0.3, 0.4) is 0 Å². The maximum Gasteiger partial charge on any atom is 0.220 e. The smallest absolute Gasteiger partial charge is 0.220 e. The van der Waals surface area contributed by atoms with Gasteiger partial charge in [0, 0.05) is 18.9 Å². The predicted octanol–water partition coefficient (Wildman–Crippen LogP) is 4.92. The Morgan fingerprint density at radius 3 is 2.72 bits per heavy atom. The molecule has 4 nitrogen and oxygen atoms in total. The molecule has 3 rings (SSSR count). The summed E-state index contributed by atoms with van der Waals surface area (Å²) >= 11 is 0. The Bertz CT molecular complexity index is 552. The molecule has 2 saturated heterocycles. The highest BCUT2D eigenvalue weighted by Gasteiger charge is 2.46. The Morgan fingerprint density at radius 1 is 1.14 bits per heavy atom. The maximum absolute atomic E-state index is 11.6. The van der Waals surface area contributed by atoms with Crippen molar-refractivity contribution in [2.75, 3.05) is 6.54 Å². The van der Waals surface area contributed by atoms with Gasteiger partial charge in [0.1, 0.15) is 0 Å². The van der Waals surface area contributed by atoms with Crippen LogP contribution in [0.5, 0.6) is 0 Å². The van der Waals surface area contributed by atoms with E-state index >= 15 is 0 Å². The average molecular weight is 404 g/mol. The lowest BCUT2D eigenvalue weighted by Gasteiger charge is -2.27. The van der Waals surface area contributed by atoms with E-state index in [0.29, 0.717) is 36.4 Å². The number of carbonyl (C=O) groups excluding carboxylic acids is 1. The van der Waals surface area contributed by atoms with Gasteiger partial charge in [0.05, 0.1) is 18.3 Å². The van der Waals surface area contributed by atoms with Gasteiger partial charge in [-0.1, -0.05) is 50.5 Å². The van der Waals surface area contributed by atoms with Gasteiger partial charge >= 0.3 is 0 Å². The summed E-state index contributed by atoms with van der Waals surface area (Å²) in [6, 6.07) is 0. The van der Waals surface area contributed by atoms with Crippen molar-refractivity contribution < 1.29 is 14.6 Å². The summed E-state index contributed by atoms with van der Waals surface area (Å²) in [7, 11) is 0. The first kappa shape index (κ1) is 22.6. The largest absolute Gasteiger partial charge is 0.389 e. The predicted molar refractivity (Wildman–Crippen MR) is 118 cm³/mol. The number of ether oxygens (including phenoxy) is 1. The summed E-state index contributed by atoms with van der Waals surface area (Å²) in [6.07, 6.45) is 22.4. The molecule has 4 heteroatoms. The molecular weight excluding hydrogens is 362 g/mol. The minimum Gasteiger partial charge on any atom is -0.389 e. The lowest BCUT2D eigenvalue weighted by molar-refractivity contribution is -0.121. The summed E-state index contributed by atoms with van der Waals surface area (Å²) in [5, 5.41) is 13.5. The van der Waals surface area contributed by atoms with Crippen LogP contribution in [0.25, 0.3) is 0 Å². The zero-order chi connectivity index (χ0) is 20.5. The SMILES string of the molecule is CCCNC(=O)CCCC=CC[C@H]1[C@H](C=CC(O)C2CCCCC2)[C@@H]2CC[C@H]1O2. The first-order valence-corrected chi connectivity index (χ1v) is 12.1.